The average Bonchev–Trinajstić information content (AvgIpc) is 3.09. The van der Waals surface area contributed by atoms with Crippen LogP contribution >= 0.6 is 0 Å². The number of methoxy groups -OCH3 is 1. The van der Waals surface area contributed by atoms with Gasteiger partial charge in [-0.3, -0.25) is 4.90 Å². The highest BCUT2D eigenvalue weighted by Crippen LogP contribution is 2.35. The summed E-state index contributed by atoms with van der Waals surface area (Å²) in [6.07, 6.45) is 0.543. The van der Waals surface area contributed by atoms with Crippen LogP contribution in [-0.2, 0) is 11.2 Å². The van der Waals surface area contributed by atoms with Crippen molar-refractivity contribution in [1.29, 1.82) is 0 Å². The number of hydrogen-bond acceptors (Lipinski definition) is 5. The van der Waals surface area contributed by atoms with Gasteiger partial charge >= 0.3 is 6.09 Å². The third-order valence-electron chi connectivity index (χ3n) is 6.25. The highest BCUT2D eigenvalue weighted by Gasteiger charge is 2.51. The molecule has 0 spiro atoms. The van der Waals surface area contributed by atoms with Crippen LogP contribution in [-0.4, -0.2) is 54.9 Å². The number of nitrogens with zero attached hydrogens (tertiary/aromatic N) is 3. The molecule has 0 N–H and O–H groups in total. The second kappa shape index (κ2) is 7.20. The number of carbonyl (C=O) groups is 1. The van der Waals surface area contributed by atoms with Crippen molar-refractivity contribution in [2.75, 3.05) is 38.3 Å². The zero-order chi connectivity index (χ0) is 20.7. The smallest absolute Gasteiger partial charge is 0.410 e. The van der Waals surface area contributed by atoms with Crippen LogP contribution < -0.4 is 9.64 Å². The van der Waals surface area contributed by atoms with E-state index >= 15 is 0 Å². The fourth-order valence-electron chi connectivity index (χ4n) is 4.73. The summed E-state index contributed by atoms with van der Waals surface area (Å²) in [6.45, 7) is 4.52. The molecule has 0 bridgehead atoms. The molecule has 1 unspecified atom stereocenters. The Morgan fingerprint density at radius 2 is 1.97 bits per heavy atom. The largest absolute Gasteiger partial charge is 0.494 e. The summed E-state index contributed by atoms with van der Waals surface area (Å²) in [6, 6.07) is 18.4. The molecule has 2 saturated heterocycles. The Balaban J connectivity index is 1.52. The molecule has 30 heavy (non-hydrogen) atoms. The van der Waals surface area contributed by atoms with Crippen LogP contribution in [0.5, 0.6) is 5.75 Å². The predicted octanol–water partition coefficient (Wildman–Crippen LogP) is 3.81. The number of cyclic esters (lactones) is 1. The Morgan fingerprint density at radius 3 is 2.77 bits per heavy atom. The predicted molar refractivity (Wildman–Crippen MR) is 116 cm³/mol. The fourth-order valence-corrected chi connectivity index (χ4v) is 4.73. The number of aromatic nitrogens is 1. The van der Waals surface area contributed by atoms with Gasteiger partial charge in [0.25, 0.3) is 0 Å². The van der Waals surface area contributed by atoms with Crippen LogP contribution in [0.2, 0.25) is 0 Å². The summed E-state index contributed by atoms with van der Waals surface area (Å²) in [4.78, 5) is 21.6. The fraction of sp³-hybridized carbons (Fsp3) is 0.333. The molecule has 0 aliphatic carbocycles. The molecule has 1 atom stereocenters. The quantitative estimate of drug-likeness (QED) is 0.663. The zero-order valence-electron chi connectivity index (χ0n) is 17.3. The van der Waals surface area contributed by atoms with E-state index in [1.165, 1.54) is 5.56 Å². The number of rotatable bonds is 4. The number of para-hydroxylation sites is 1. The van der Waals surface area contributed by atoms with Crippen molar-refractivity contribution >= 4 is 22.8 Å². The van der Waals surface area contributed by atoms with E-state index in [4.69, 9.17) is 14.5 Å². The molecule has 0 radical (unpaired) electrons. The van der Waals surface area contributed by atoms with E-state index in [-0.39, 0.29) is 11.6 Å². The van der Waals surface area contributed by atoms with Crippen molar-refractivity contribution in [1.82, 2.24) is 9.88 Å². The van der Waals surface area contributed by atoms with Crippen molar-refractivity contribution in [2.45, 2.75) is 18.9 Å². The average molecular weight is 403 g/mol. The van der Waals surface area contributed by atoms with E-state index in [1.807, 2.05) is 35.2 Å². The van der Waals surface area contributed by atoms with Gasteiger partial charge in [-0.05, 0) is 30.2 Å². The Kier molecular flexibility index (Phi) is 4.50. The molecule has 154 valence electrons. The van der Waals surface area contributed by atoms with Gasteiger partial charge in [-0.1, -0.05) is 42.5 Å². The minimum Gasteiger partial charge on any atom is -0.494 e. The molecule has 3 aromatic rings. The number of carbonyl (C=O) groups excluding carboxylic acids is 1. The van der Waals surface area contributed by atoms with Crippen molar-refractivity contribution in [3.05, 3.63) is 65.7 Å². The molecule has 0 saturated carbocycles. The standard InChI is InChI=1S/C24H25N3O3/c1-17-13-21(25-22-19(17)9-6-10-20(22)29-2)26-11-12-27-23(28)30-16-24(27,15-26)14-18-7-4-3-5-8-18/h3-10,13H,11-12,14-16H2,1-2H3. The van der Waals surface area contributed by atoms with Crippen LogP contribution in [0.4, 0.5) is 10.6 Å². The van der Waals surface area contributed by atoms with Crippen molar-refractivity contribution < 1.29 is 14.3 Å². The van der Waals surface area contributed by atoms with Crippen LogP contribution in [0.25, 0.3) is 10.9 Å². The summed E-state index contributed by atoms with van der Waals surface area (Å²) in [5.41, 5.74) is 2.84. The van der Waals surface area contributed by atoms with Crippen LogP contribution in [0.3, 0.4) is 0 Å². The van der Waals surface area contributed by atoms with Gasteiger partial charge < -0.3 is 14.4 Å². The first-order chi connectivity index (χ1) is 14.6. The molecule has 2 fully saturated rings. The van der Waals surface area contributed by atoms with Gasteiger partial charge in [-0.25, -0.2) is 9.78 Å². The SMILES string of the molecule is COc1cccc2c(C)cc(N3CCN4C(=O)OCC4(Cc4ccccc4)C3)nc12. The number of piperazine rings is 1. The lowest BCUT2D eigenvalue weighted by Crippen LogP contribution is -2.62. The Morgan fingerprint density at radius 1 is 1.13 bits per heavy atom. The first kappa shape index (κ1) is 18.7. The summed E-state index contributed by atoms with van der Waals surface area (Å²) < 4.78 is 11.1. The number of amides is 1. The van der Waals surface area contributed by atoms with Gasteiger partial charge in [0.1, 0.15) is 29.2 Å². The molecule has 5 rings (SSSR count). The van der Waals surface area contributed by atoms with Gasteiger partial charge in [0.05, 0.1) is 7.11 Å². The summed E-state index contributed by atoms with van der Waals surface area (Å²) >= 11 is 0. The van der Waals surface area contributed by atoms with Crippen molar-refractivity contribution in [2.24, 2.45) is 0 Å². The Bertz CT molecular complexity index is 1100. The van der Waals surface area contributed by atoms with Crippen molar-refractivity contribution in [3.63, 3.8) is 0 Å². The van der Waals surface area contributed by atoms with Gasteiger partial charge in [0.15, 0.2) is 0 Å². The number of aryl methyl sites for hydroxylation is 1. The van der Waals surface area contributed by atoms with E-state index in [9.17, 15) is 4.79 Å². The van der Waals surface area contributed by atoms with E-state index in [0.717, 1.165) is 41.0 Å². The third-order valence-corrected chi connectivity index (χ3v) is 6.25. The normalized spacial score (nSPS) is 20.9. The summed E-state index contributed by atoms with van der Waals surface area (Å²) in [5.74, 6) is 1.69. The van der Waals surface area contributed by atoms with E-state index in [0.29, 0.717) is 19.7 Å². The number of hydrogen-bond donors (Lipinski definition) is 0. The first-order valence-corrected chi connectivity index (χ1v) is 10.3. The molecule has 1 aromatic heterocycles. The van der Waals surface area contributed by atoms with Gasteiger partial charge in [-0.15, -0.1) is 0 Å². The van der Waals surface area contributed by atoms with Gasteiger partial charge in [-0.2, -0.15) is 0 Å². The lowest BCUT2D eigenvalue weighted by molar-refractivity contribution is 0.140. The molecule has 2 aromatic carbocycles. The third kappa shape index (κ3) is 3.03. The van der Waals surface area contributed by atoms with Gasteiger partial charge in [0.2, 0.25) is 0 Å². The molecule has 1 amide bonds. The van der Waals surface area contributed by atoms with Crippen molar-refractivity contribution in [3.8, 4) is 5.75 Å². The maximum Gasteiger partial charge on any atom is 0.410 e. The second-order valence-corrected chi connectivity index (χ2v) is 8.17. The highest BCUT2D eigenvalue weighted by atomic mass is 16.6. The molecular formula is C24H25N3O3. The van der Waals surface area contributed by atoms with Crippen LogP contribution in [0.1, 0.15) is 11.1 Å². The Hall–Kier alpha value is -3.28. The number of fused-ring (bicyclic) bond motifs is 2. The lowest BCUT2D eigenvalue weighted by atomic mass is 9.88. The summed E-state index contributed by atoms with van der Waals surface area (Å²) in [7, 11) is 1.67. The number of pyridine rings is 1. The van der Waals surface area contributed by atoms with Crippen LogP contribution in [0, 0.1) is 6.92 Å². The number of benzene rings is 2. The maximum absolute atomic E-state index is 12.4. The second-order valence-electron chi connectivity index (χ2n) is 8.17. The Labute approximate surface area is 176 Å². The highest BCUT2D eigenvalue weighted by molar-refractivity contribution is 5.89. The molecule has 3 heterocycles. The van der Waals surface area contributed by atoms with Crippen LogP contribution in [0.15, 0.2) is 54.6 Å². The van der Waals surface area contributed by atoms with E-state index in [2.05, 4.69) is 36.1 Å². The van der Waals surface area contributed by atoms with E-state index in [1.54, 1.807) is 7.11 Å². The van der Waals surface area contributed by atoms with Gasteiger partial charge in [0, 0.05) is 31.4 Å². The maximum atomic E-state index is 12.4. The van der Waals surface area contributed by atoms with E-state index < -0.39 is 0 Å². The lowest BCUT2D eigenvalue weighted by Gasteiger charge is -2.45. The first-order valence-electron chi connectivity index (χ1n) is 10.3. The summed E-state index contributed by atoms with van der Waals surface area (Å²) in [5, 5.41) is 1.09. The molecule has 2 aliphatic rings. The molecule has 2 aliphatic heterocycles. The molecule has 6 heteroatoms. The minimum atomic E-state index is -0.387. The minimum absolute atomic E-state index is 0.213. The molecule has 6 nitrogen and oxygen atoms in total. The molecular weight excluding hydrogens is 378 g/mol. The zero-order valence-corrected chi connectivity index (χ0v) is 17.3. The number of anilines is 1. The topological polar surface area (TPSA) is 54.9 Å². The number of ether oxygens (including phenoxy) is 2. The monoisotopic (exact) mass is 403 g/mol.